The van der Waals surface area contributed by atoms with Crippen LogP contribution in [0, 0.1) is 0 Å². The van der Waals surface area contributed by atoms with Crippen LogP contribution in [0.25, 0.3) is 0 Å². The van der Waals surface area contributed by atoms with E-state index < -0.39 is 0 Å². The molecule has 4 N–H and O–H groups in total. The van der Waals surface area contributed by atoms with Crippen molar-refractivity contribution in [1.29, 1.82) is 0 Å². The molecule has 0 aromatic carbocycles. The van der Waals surface area contributed by atoms with E-state index in [9.17, 15) is 4.79 Å². The highest BCUT2D eigenvalue weighted by Crippen LogP contribution is 2.10. The Labute approximate surface area is 119 Å². The molecule has 0 aliphatic heterocycles. The Kier molecular flexibility index (Phi) is 7.31. The molecular formula is C13H23N5O2. The number of aryl methyl sites for hydroxylation is 1. The van der Waals surface area contributed by atoms with Crippen LogP contribution in [-0.2, 0) is 16.0 Å². The van der Waals surface area contributed by atoms with Crippen LogP contribution >= 0.6 is 0 Å². The van der Waals surface area contributed by atoms with Crippen molar-refractivity contribution in [3.8, 4) is 0 Å². The molecule has 0 unspecified atom stereocenters. The van der Waals surface area contributed by atoms with E-state index in [0.717, 1.165) is 44.9 Å². The summed E-state index contributed by atoms with van der Waals surface area (Å²) in [6, 6.07) is 0. The topological polar surface area (TPSA) is 117 Å². The highest BCUT2D eigenvalue weighted by Gasteiger charge is 2.02. The first kappa shape index (κ1) is 16.1. The second-order valence-corrected chi connectivity index (χ2v) is 4.67. The number of hydrogen-bond donors (Lipinski definition) is 2. The van der Waals surface area contributed by atoms with Gasteiger partial charge in [0.2, 0.25) is 11.9 Å². The summed E-state index contributed by atoms with van der Waals surface area (Å²) in [5.74, 6) is 0.876. The Morgan fingerprint density at radius 3 is 2.10 bits per heavy atom. The Balaban J connectivity index is 2.03. The largest absolute Gasteiger partial charge is 0.469 e. The van der Waals surface area contributed by atoms with Crippen LogP contribution in [0.3, 0.4) is 0 Å². The van der Waals surface area contributed by atoms with E-state index in [4.69, 9.17) is 11.5 Å². The average molecular weight is 281 g/mol. The molecule has 112 valence electrons. The van der Waals surface area contributed by atoms with Crippen LogP contribution in [0.5, 0.6) is 0 Å². The van der Waals surface area contributed by atoms with Gasteiger partial charge >= 0.3 is 5.97 Å². The number of aromatic nitrogens is 3. The number of unbranched alkanes of at least 4 members (excludes halogenated alkanes) is 5. The molecule has 0 amide bonds. The van der Waals surface area contributed by atoms with Crippen LogP contribution in [-0.4, -0.2) is 28.0 Å². The van der Waals surface area contributed by atoms with E-state index in [-0.39, 0.29) is 17.9 Å². The van der Waals surface area contributed by atoms with Crippen LogP contribution in [0.4, 0.5) is 11.9 Å². The summed E-state index contributed by atoms with van der Waals surface area (Å²) >= 11 is 0. The summed E-state index contributed by atoms with van der Waals surface area (Å²) in [5.41, 5.74) is 11.0. The number of nitrogens with zero attached hydrogens (tertiary/aromatic N) is 3. The van der Waals surface area contributed by atoms with E-state index in [1.165, 1.54) is 7.11 Å². The third-order valence-electron chi connectivity index (χ3n) is 2.98. The van der Waals surface area contributed by atoms with Crippen molar-refractivity contribution in [3.05, 3.63) is 5.82 Å². The van der Waals surface area contributed by atoms with Gasteiger partial charge in [0, 0.05) is 12.8 Å². The van der Waals surface area contributed by atoms with Crippen molar-refractivity contribution >= 4 is 17.9 Å². The van der Waals surface area contributed by atoms with Crippen molar-refractivity contribution in [3.63, 3.8) is 0 Å². The zero-order chi connectivity index (χ0) is 14.8. The van der Waals surface area contributed by atoms with Gasteiger partial charge < -0.3 is 16.2 Å². The minimum atomic E-state index is -0.130. The molecule has 1 heterocycles. The van der Waals surface area contributed by atoms with Crippen LogP contribution in [0.2, 0.25) is 0 Å². The SMILES string of the molecule is COC(=O)CCCCCCCCc1nc(N)nc(N)n1. The van der Waals surface area contributed by atoms with Crippen molar-refractivity contribution < 1.29 is 9.53 Å². The number of rotatable bonds is 9. The lowest BCUT2D eigenvalue weighted by molar-refractivity contribution is -0.140. The molecular weight excluding hydrogens is 258 g/mol. The quantitative estimate of drug-likeness (QED) is 0.520. The van der Waals surface area contributed by atoms with Gasteiger partial charge in [0.25, 0.3) is 0 Å². The second-order valence-electron chi connectivity index (χ2n) is 4.67. The molecule has 0 aliphatic carbocycles. The monoisotopic (exact) mass is 281 g/mol. The predicted octanol–water partition coefficient (Wildman–Crippen LogP) is 1.48. The maximum Gasteiger partial charge on any atom is 0.305 e. The average Bonchev–Trinajstić information content (AvgIpc) is 2.40. The number of ether oxygens (including phenoxy) is 1. The fourth-order valence-electron chi connectivity index (χ4n) is 1.93. The summed E-state index contributed by atoms with van der Waals surface area (Å²) < 4.78 is 4.59. The smallest absolute Gasteiger partial charge is 0.305 e. The van der Waals surface area contributed by atoms with Crippen LogP contribution in [0.1, 0.15) is 50.8 Å². The van der Waals surface area contributed by atoms with E-state index >= 15 is 0 Å². The first-order valence-corrected chi connectivity index (χ1v) is 6.94. The van der Waals surface area contributed by atoms with E-state index in [2.05, 4.69) is 19.7 Å². The number of nitrogens with two attached hydrogens (primary N) is 2. The molecule has 1 aromatic rings. The van der Waals surface area contributed by atoms with Gasteiger partial charge in [-0.1, -0.05) is 25.7 Å². The van der Waals surface area contributed by atoms with Crippen LogP contribution < -0.4 is 11.5 Å². The number of nitrogen functional groups attached to an aromatic ring is 2. The van der Waals surface area contributed by atoms with Gasteiger partial charge in [-0.25, -0.2) is 0 Å². The minimum absolute atomic E-state index is 0.130. The maximum atomic E-state index is 10.9. The first-order chi connectivity index (χ1) is 9.61. The standard InChI is InChI=1S/C13H23N5O2/c1-20-11(19)9-7-5-3-2-4-6-8-10-16-12(14)18-13(15)17-10/h2-9H2,1H3,(H4,14,15,16,17,18). The van der Waals surface area contributed by atoms with Gasteiger partial charge in [-0.15, -0.1) is 0 Å². The molecule has 1 rings (SSSR count). The summed E-state index contributed by atoms with van der Waals surface area (Å²) in [6.45, 7) is 0. The van der Waals surface area contributed by atoms with Gasteiger partial charge in [0.05, 0.1) is 7.11 Å². The van der Waals surface area contributed by atoms with Crippen LogP contribution in [0.15, 0.2) is 0 Å². The first-order valence-electron chi connectivity index (χ1n) is 6.94. The maximum absolute atomic E-state index is 10.9. The summed E-state index contributed by atoms with van der Waals surface area (Å²) in [7, 11) is 1.42. The van der Waals surface area contributed by atoms with E-state index in [1.807, 2.05) is 0 Å². The predicted molar refractivity (Wildman–Crippen MR) is 76.7 cm³/mol. The van der Waals surface area contributed by atoms with Gasteiger partial charge in [-0.05, 0) is 12.8 Å². The Morgan fingerprint density at radius 1 is 0.950 bits per heavy atom. The van der Waals surface area contributed by atoms with Crippen molar-refractivity contribution in [1.82, 2.24) is 15.0 Å². The Morgan fingerprint density at radius 2 is 1.50 bits per heavy atom. The van der Waals surface area contributed by atoms with E-state index in [1.54, 1.807) is 0 Å². The zero-order valence-electron chi connectivity index (χ0n) is 12.0. The van der Waals surface area contributed by atoms with E-state index in [0.29, 0.717) is 12.2 Å². The van der Waals surface area contributed by atoms with Gasteiger partial charge in [-0.2, -0.15) is 15.0 Å². The minimum Gasteiger partial charge on any atom is -0.469 e. The molecule has 0 bridgehead atoms. The Bertz CT molecular complexity index is 405. The molecule has 0 atom stereocenters. The zero-order valence-corrected chi connectivity index (χ0v) is 12.0. The lowest BCUT2D eigenvalue weighted by Crippen LogP contribution is -2.06. The number of carbonyl (C=O) groups excluding carboxylic acids is 1. The molecule has 0 fully saturated rings. The highest BCUT2D eigenvalue weighted by atomic mass is 16.5. The molecule has 7 heteroatoms. The lowest BCUT2D eigenvalue weighted by atomic mass is 10.1. The van der Waals surface area contributed by atoms with Crippen molar-refractivity contribution in [2.24, 2.45) is 0 Å². The molecule has 1 aromatic heterocycles. The third kappa shape index (κ3) is 6.86. The number of hydrogen-bond acceptors (Lipinski definition) is 7. The molecule has 7 nitrogen and oxygen atoms in total. The number of anilines is 2. The molecule has 0 spiro atoms. The lowest BCUT2D eigenvalue weighted by Gasteiger charge is -2.03. The number of methoxy groups -OCH3 is 1. The molecule has 0 saturated heterocycles. The summed E-state index contributed by atoms with van der Waals surface area (Å²) in [6.07, 6.45) is 7.59. The molecule has 20 heavy (non-hydrogen) atoms. The summed E-state index contributed by atoms with van der Waals surface area (Å²) in [5, 5.41) is 0. The fourth-order valence-corrected chi connectivity index (χ4v) is 1.93. The highest BCUT2D eigenvalue weighted by molar-refractivity contribution is 5.68. The molecule has 0 aliphatic rings. The van der Waals surface area contributed by atoms with Crippen molar-refractivity contribution in [2.45, 2.75) is 51.4 Å². The summed E-state index contributed by atoms with van der Waals surface area (Å²) in [4.78, 5) is 22.7. The second kappa shape index (κ2) is 9.06. The fraction of sp³-hybridized carbons (Fsp3) is 0.692. The molecule has 0 saturated carbocycles. The molecule has 0 radical (unpaired) electrons. The van der Waals surface area contributed by atoms with Gasteiger partial charge in [0.1, 0.15) is 5.82 Å². The third-order valence-corrected chi connectivity index (χ3v) is 2.98. The van der Waals surface area contributed by atoms with Gasteiger partial charge in [-0.3, -0.25) is 4.79 Å². The Hall–Kier alpha value is -1.92. The normalized spacial score (nSPS) is 10.4. The van der Waals surface area contributed by atoms with Gasteiger partial charge in [0.15, 0.2) is 0 Å². The number of esters is 1. The van der Waals surface area contributed by atoms with Crippen molar-refractivity contribution in [2.75, 3.05) is 18.6 Å². The number of carbonyl (C=O) groups is 1.